The molecule has 0 radical (unpaired) electrons. The van der Waals surface area contributed by atoms with Gasteiger partial charge in [-0.15, -0.1) is 11.3 Å². The predicted octanol–water partition coefficient (Wildman–Crippen LogP) is 4.37. The molecular formula is C21H18N4O4S. The summed E-state index contributed by atoms with van der Waals surface area (Å²) in [6, 6.07) is 14.8. The molecule has 0 spiro atoms. The van der Waals surface area contributed by atoms with E-state index in [1.807, 2.05) is 11.4 Å². The molecular weight excluding hydrogens is 404 g/mol. The van der Waals surface area contributed by atoms with Crippen LogP contribution in [-0.4, -0.2) is 22.4 Å². The predicted molar refractivity (Wildman–Crippen MR) is 116 cm³/mol. The number of nitrogens with one attached hydrogen (secondary N) is 2. The zero-order valence-electron chi connectivity index (χ0n) is 16.2. The van der Waals surface area contributed by atoms with E-state index in [0.717, 1.165) is 5.56 Å². The summed E-state index contributed by atoms with van der Waals surface area (Å²) in [5, 5.41) is 19.7. The number of thiophene rings is 1. The molecule has 0 aliphatic heterocycles. The maximum atomic E-state index is 12.3. The van der Waals surface area contributed by atoms with Crippen molar-refractivity contribution in [1.82, 2.24) is 5.43 Å². The molecule has 0 unspecified atom stereocenters. The van der Waals surface area contributed by atoms with Crippen LogP contribution in [0.1, 0.15) is 38.1 Å². The van der Waals surface area contributed by atoms with Gasteiger partial charge in [0.05, 0.1) is 15.5 Å². The molecule has 2 N–H and O–H groups in total. The Morgan fingerprint density at radius 2 is 1.73 bits per heavy atom. The number of rotatable bonds is 6. The lowest BCUT2D eigenvalue weighted by Gasteiger charge is -2.06. The van der Waals surface area contributed by atoms with Gasteiger partial charge in [-0.2, -0.15) is 5.10 Å². The topological polar surface area (TPSA) is 114 Å². The normalized spacial score (nSPS) is 11.1. The summed E-state index contributed by atoms with van der Waals surface area (Å²) in [4.78, 5) is 35.5. The average Bonchev–Trinajstić information content (AvgIpc) is 3.27. The molecule has 0 bridgehead atoms. The largest absolute Gasteiger partial charge is 0.321 e. The van der Waals surface area contributed by atoms with Gasteiger partial charge in [-0.25, -0.2) is 5.43 Å². The van der Waals surface area contributed by atoms with Crippen molar-refractivity contribution in [3.63, 3.8) is 0 Å². The van der Waals surface area contributed by atoms with Crippen molar-refractivity contribution in [3.8, 4) is 0 Å². The van der Waals surface area contributed by atoms with Crippen LogP contribution >= 0.6 is 11.3 Å². The minimum atomic E-state index is -0.544. The second-order valence-corrected chi connectivity index (χ2v) is 7.35. The number of benzene rings is 2. The van der Waals surface area contributed by atoms with Crippen LogP contribution < -0.4 is 10.7 Å². The highest BCUT2D eigenvalue weighted by molar-refractivity contribution is 7.12. The van der Waals surface area contributed by atoms with Crippen LogP contribution in [0.3, 0.4) is 0 Å². The molecule has 9 heteroatoms. The monoisotopic (exact) mass is 422 g/mol. The lowest BCUT2D eigenvalue weighted by atomic mass is 10.1. The fraction of sp³-hybridized carbons (Fsp3) is 0.0952. The summed E-state index contributed by atoms with van der Waals surface area (Å²) in [5.74, 6) is -0.722. The van der Waals surface area contributed by atoms with Crippen LogP contribution in [-0.2, 0) is 0 Å². The number of hydrogen-bond donors (Lipinski definition) is 2. The Kier molecular flexibility index (Phi) is 6.33. The average molecular weight is 422 g/mol. The Morgan fingerprint density at radius 1 is 1.03 bits per heavy atom. The number of nitrogens with zero attached hydrogens (tertiary/aromatic N) is 2. The number of nitro groups is 1. The standard InChI is InChI=1S/C21H18N4O4S/c1-13-5-6-16(12-18(13)25(28)29)20(26)24-23-14(2)15-7-9-17(10-8-15)22-21(27)19-4-3-11-30-19/h3-12H,1-2H3,(H,22,27)(H,24,26)/b23-14+. The first kappa shape index (κ1) is 20.9. The number of anilines is 1. The SMILES string of the molecule is C/C(=N\NC(=O)c1ccc(C)c([N+](=O)[O-])c1)c1ccc(NC(=O)c2cccs2)cc1. The van der Waals surface area contributed by atoms with Crippen LogP contribution in [0.4, 0.5) is 11.4 Å². The van der Waals surface area contributed by atoms with Crippen LogP contribution in [0, 0.1) is 17.0 Å². The lowest BCUT2D eigenvalue weighted by molar-refractivity contribution is -0.385. The highest BCUT2D eigenvalue weighted by atomic mass is 32.1. The molecule has 2 amide bonds. The van der Waals surface area contributed by atoms with Gasteiger partial charge in [-0.3, -0.25) is 19.7 Å². The molecule has 3 rings (SSSR count). The number of nitro benzene ring substituents is 1. The molecule has 152 valence electrons. The van der Waals surface area contributed by atoms with Crippen molar-refractivity contribution in [2.24, 2.45) is 5.10 Å². The molecule has 30 heavy (non-hydrogen) atoms. The summed E-state index contributed by atoms with van der Waals surface area (Å²) in [6.45, 7) is 3.33. The van der Waals surface area contributed by atoms with E-state index in [2.05, 4.69) is 15.8 Å². The van der Waals surface area contributed by atoms with Gasteiger partial charge < -0.3 is 5.32 Å². The van der Waals surface area contributed by atoms with Crippen LogP contribution in [0.15, 0.2) is 65.1 Å². The van der Waals surface area contributed by atoms with E-state index in [4.69, 9.17) is 0 Å². The number of carbonyl (C=O) groups excluding carboxylic acids is 2. The van der Waals surface area contributed by atoms with E-state index in [0.29, 0.717) is 21.8 Å². The van der Waals surface area contributed by atoms with E-state index in [1.54, 1.807) is 44.2 Å². The first-order valence-corrected chi connectivity index (χ1v) is 9.78. The second kappa shape index (κ2) is 9.10. The van der Waals surface area contributed by atoms with Crippen molar-refractivity contribution in [2.45, 2.75) is 13.8 Å². The Labute approximate surface area is 176 Å². The third-order valence-corrected chi connectivity index (χ3v) is 5.17. The quantitative estimate of drug-likeness (QED) is 0.349. The van der Waals surface area contributed by atoms with Gasteiger partial charge in [0.15, 0.2) is 0 Å². The number of hydrogen-bond acceptors (Lipinski definition) is 6. The van der Waals surface area contributed by atoms with Crippen LogP contribution in [0.2, 0.25) is 0 Å². The van der Waals surface area contributed by atoms with Gasteiger partial charge >= 0.3 is 0 Å². The third-order valence-electron chi connectivity index (χ3n) is 4.30. The molecule has 2 aromatic carbocycles. The van der Waals surface area contributed by atoms with Crippen molar-refractivity contribution >= 4 is 40.2 Å². The highest BCUT2D eigenvalue weighted by Crippen LogP contribution is 2.19. The molecule has 0 atom stereocenters. The first-order chi connectivity index (χ1) is 14.3. The zero-order chi connectivity index (χ0) is 21.7. The molecule has 0 aliphatic rings. The van der Waals surface area contributed by atoms with Crippen LogP contribution in [0.25, 0.3) is 0 Å². The Hall–Kier alpha value is -3.85. The minimum absolute atomic E-state index is 0.122. The Bertz CT molecular complexity index is 1120. The first-order valence-electron chi connectivity index (χ1n) is 8.90. The molecule has 0 fully saturated rings. The van der Waals surface area contributed by atoms with Gasteiger partial charge in [-0.1, -0.05) is 24.3 Å². The number of hydrazone groups is 1. The smallest absolute Gasteiger partial charge is 0.273 e. The minimum Gasteiger partial charge on any atom is -0.321 e. The summed E-state index contributed by atoms with van der Waals surface area (Å²) in [7, 11) is 0. The fourth-order valence-corrected chi connectivity index (χ4v) is 3.23. The Balaban J connectivity index is 1.65. The second-order valence-electron chi connectivity index (χ2n) is 6.41. The van der Waals surface area contributed by atoms with E-state index >= 15 is 0 Å². The summed E-state index contributed by atoms with van der Waals surface area (Å²) < 4.78 is 0. The molecule has 1 aromatic heterocycles. The van der Waals surface area contributed by atoms with E-state index in [-0.39, 0.29) is 17.2 Å². The molecule has 0 saturated carbocycles. The maximum absolute atomic E-state index is 12.3. The van der Waals surface area contributed by atoms with Crippen molar-refractivity contribution in [2.75, 3.05) is 5.32 Å². The number of aryl methyl sites for hydroxylation is 1. The fourth-order valence-electron chi connectivity index (χ4n) is 2.61. The van der Waals surface area contributed by atoms with Gasteiger partial charge in [0.25, 0.3) is 17.5 Å². The van der Waals surface area contributed by atoms with E-state index < -0.39 is 10.8 Å². The third kappa shape index (κ3) is 4.95. The Morgan fingerprint density at radius 3 is 2.37 bits per heavy atom. The molecule has 8 nitrogen and oxygen atoms in total. The van der Waals surface area contributed by atoms with Gasteiger partial charge in [0.2, 0.25) is 0 Å². The van der Waals surface area contributed by atoms with Crippen molar-refractivity contribution in [3.05, 3.63) is 91.7 Å². The molecule has 0 saturated heterocycles. The zero-order valence-corrected chi connectivity index (χ0v) is 17.0. The summed E-state index contributed by atoms with van der Waals surface area (Å²) >= 11 is 1.36. The van der Waals surface area contributed by atoms with Gasteiger partial charge in [0.1, 0.15) is 0 Å². The summed E-state index contributed by atoms with van der Waals surface area (Å²) in [5.41, 5.74) is 4.84. The number of carbonyl (C=O) groups is 2. The maximum Gasteiger partial charge on any atom is 0.273 e. The summed E-state index contributed by atoms with van der Waals surface area (Å²) in [6.07, 6.45) is 0. The number of amides is 2. The van der Waals surface area contributed by atoms with Crippen molar-refractivity contribution in [1.29, 1.82) is 0 Å². The van der Waals surface area contributed by atoms with Crippen molar-refractivity contribution < 1.29 is 14.5 Å². The van der Waals surface area contributed by atoms with Crippen LogP contribution in [0.5, 0.6) is 0 Å². The molecule has 1 heterocycles. The van der Waals surface area contributed by atoms with E-state index in [1.165, 1.54) is 29.5 Å². The van der Waals surface area contributed by atoms with Gasteiger partial charge in [-0.05, 0) is 49.1 Å². The highest BCUT2D eigenvalue weighted by Gasteiger charge is 2.15. The van der Waals surface area contributed by atoms with E-state index in [9.17, 15) is 19.7 Å². The molecule has 3 aromatic rings. The molecule has 0 aliphatic carbocycles. The van der Waals surface area contributed by atoms with Gasteiger partial charge in [0, 0.05) is 22.9 Å². The lowest BCUT2D eigenvalue weighted by Crippen LogP contribution is -2.19.